The van der Waals surface area contributed by atoms with Crippen molar-refractivity contribution in [3.63, 3.8) is 0 Å². The maximum absolute atomic E-state index is 11.5. The molecule has 1 aromatic heterocycles. The van der Waals surface area contributed by atoms with Crippen molar-refractivity contribution in [2.45, 2.75) is 0 Å². The van der Waals surface area contributed by atoms with Crippen molar-refractivity contribution in [3.05, 3.63) is 40.4 Å². The van der Waals surface area contributed by atoms with Gasteiger partial charge in [-0.3, -0.25) is 10.2 Å². The molecule has 0 radical (unpaired) electrons. The average Bonchev–Trinajstić information content (AvgIpc) is 2.30. The zero-order valence-electron chi connectivity index (χ0n) is 8.68. The summed E-state index contributed by atoms with van der Waals surface area (Å²) in [7, 11) is 0. The van der Waals surface area contributed by atoms with Crippen LogP contribution in [0.5, 0.6) is 0 Å². The van der Waals surface area contributed by atoms with Gasteiger partial charge in [-0.05, 0) is 29.9 Å². The van der Waals surface area contributed by atoms with E-state index in [-0.39, 0.29) is 10.7 Å². The number of thiocarbonyl (C=S) groups is 1. The molecule has 2 aromatic rings. The Kier molecular flexibility index (Phi) is 3.10. The minimum Gasteiger partial charge on any atom is -0.375 e. The van der Waals surface area contributed by atoms with Crippen molar-refractivity contribution < 1.29 is 0 Å². The van der Waals surface area contributed by atoms with Crippen molar-refractivity contribution in [1.29, 1.82) is 0 Å². The molecule has 4 N–H and O–H groups in total. The highest BCUT2D eigenvalue weighted by molar-refractivity contribution is 7.80. The summed E-state index contributed by atoms with van der Waals surface area (Å²) < 4.78 is 0. The number of aromatic nitrogens is 2. The summed E-state index contributed by atoms with van der Waals surface area (Å²) in [6.45, 7) is 0. The Labute approximate surface area is 102 Å². The largest absolute Gasteiger partial charge is 0.375 e. The lowest BCUT2D eigenvalue weighted by Crippen LogP contribution is -2.24. The molecule has 0 spiro atoms. The van der Waals surface area contributed by atoms with Gasteiger partial charge in [-0.15, -0.1) is 0 Å². The Balaban J connectivity index is 2.38. The zero-order chi connectivity index (χ0) is 12.3. The summed E-state index contributed by atoms with van der Waals surface area (Å²) in [6.07, 6.45) is 2.89. The van der Waals surface area contributed by atoms with Gasteiger partial charge in [0.15, 0.2) is 5.11 Å². The highest BCUT2D eigenvalue weighted by Crippen LogP contribution is 2.07. The monoisotopic (exact) mass is 247 g/mol. The Morgan fingerprint density at radius 2 is 2.41 bits per heavy atom. The topological polar surface area (TPSA) is 96.2 Å². The van der Waals surface area contributed by atoms with E-state index in [1.165, 1.54) is 12.5 Å². The molecule has 0 atom stereocenters. The smallest absolute Gasteiger partial charge is 0.258 e. The van der Waals surface area contributed by atoms with Crippen molar-refractivity contribution in [3.8, 4) is 0 Å². The number of nitrogens with one attached hydrogen (secondary N) is 2. The van der Waals surface area contributed by atoms with E-state index < -0.39 is 0 Å². The molecule has 1 aromatic carbocycles. The molecule has 0 aliphatic carbocycles. The predicted molar refractivity (Wildman–Crippen MR) is 69.9 cm³/mol. The Morgan fingerprint density at radius 1 is 1.59 bits per heavy atom. The van der Waals surface area contributed by atoms with Crippen LogP contribution in [0.3, 0.4) is 0 Å². The van der Waals surface area contributed by atoms with E-state index in [1.807, 2.05) is 0 Å². The third-order valence-electron chi connectivity index (χ3n) is 2.05. The summed E-state index contributed by atoms with van der Waals surface area (Å²) in [5.41, 5.74) is 8.84. The SMILES string of the molecule is NC(=S)NN=Cc1ccc2nc[nH]c(=O)c2c1. The summed E-state index contributed by atoms with van der Waals surface area (Å²) in [6, 6.07) is 5.22. The Hall–Kier alpha value is -2.28. The number of nitrogens with two attached hydrogens (primary N) is 1. The van der Waals surface area contributed by atoms with Gasteiger partial charge in [0.25, 0.3) is 5.56 Å². The third kappa shape index (κ3) is 2.64. The van der Waals surface area contributed by atoms with Crippen molar-refractivity contribution in [1.82, 2.24) is 15.4 Å². The molecular weight excluding hydrogens is 238 g/mol. The minimum absolute atomic E-state index is 0.0848. The van der Waals surface area contributed by atoms with Crippen LogP contribution in [-0.2, 0) is 0 Å². The third-order valence-corrected chi connectivity index (χ3v) is 2.14. The maximum Gasteiger partial charge on any atom is 0.258 e. The molecule has 1 heterocycles. The molecule has 86 valence electrons. The van der Waals surface area contributed by atoms with Crippen LogP contribution in [0.25, 0.3) is 10.9 Å². The molecule has 0 aliphatic heterocycles. The number of benzene rings is 1. The summed E-state index contributed by atoms with van der Waals surface area (Å²) in [5.74, 6) is 0. The lowest BCUT2D eigenvalue weighted by molar-refractivity contribution is 1.04. The quantitative estimate of drug-likeness (QED) is 0.397. The van der Waals surface area contributed by atoms with Gasteiger partial charge in [0.2, 0.25) is 0 Å². The van der Waals surface area contributed by atoms with E-state index in [4.69, 9.17) is 5.73 Å². The molecule has 7 heteroatoms. The predicted octanol–water partition coefficient (Wildman–Crippen LogP) is 0.0902. The molecule has 0 bridgehead atoms. The zero-order valence-corrected chi connectivity index (χ0v) is 9.49. The number of nitrogens with zero attached hydrogens (tertiary/aromatic N) is 2. The fourth-order valence-corrected chi connectivity index (χ4v) is 1.39. The van der Waals surface area contributed by atoms with Crippen LogP contribution in [0, 0.1) is 0 Å². The Morgan fingerprint density at radius 3 is 3.18 bits per heavy atom. The second-order valence-corrected chi connectivity index (χ2v) is 3.68. The van der Waals surface area contributed by atoms with E-state index >= 15 is 0 Å². The van der Waals surface area contributed by atoms with Gasteiger partial charge in [-0.2, -0.15) is 5.10 Å². The van der Waals surface area contributed by atoms with Gasteiger partial charge >= 0.3 is 0 Å². The highest BCUT2D eigenvalue weighted by Gasteiger charge is 1.99. The van der Waals surface area contributed by atoms with Crippen LogP contribution in [0.4, 0.5) is 0 Å². The number of fused-ring (bicyclic) bond motifs is 1. The molecule has 0 aliphatic rings. The second kappa shape index (κ2) is 4.71. The first-order valence-corrected chi connectivity index (χ1v) is 5.13. The average molecular weight is 247 g/mol. The van der Waals surface area contributed by atoms with Crippen LogP contribution >= 0.6 is 12.2 Å². The van der Waals surface area contributed by atoms with Gasteiger partial charge in [-0.1, -0.05) is 6.07 Å². The van der Waals surface area contributed by atoms with Crippen molar-refractivity contribution in [2.75, 3.05) is 0 Å². The van der Waals surface area contributed by atoms with Gasteiger partial charge in [0.1, 0.15) is 0 Å². The van der Waals surface area contributed by atoms with Gasteiger partial charge < -0.3 is 10.7 Å². The fraction of sp³-hybridized carbons (Fsp3) is 0. The van der Waals surface area contributed by atoms with E-state index in [1.54, 1.807) is 18.2 Å². The van der Waals surface area contributed by atoms with Gasteiger partial charge in [0, 0.05) is 0 Å². The van der Waals surface area contributed by atoms with E-state index in [2.05, 4.69) is 32.7 Å². The first kappa shape index (κ1) is 11.2. The molecule has 0 saturated carbocycles. The van der Waals surface area contributed by atoms with Gasteiger partial charge in [-0.25, -0.2) is 4.98 Å². The molecular formula is C10H9N5OS. The van der Waals surface area contributed by atoms with Crippen molar-refractivity contribution >= 4 is 34.4 Å². The maximum atomic E-state index is 11.5. The normalized spacial score (nSPS) is 10.8. The first-order chi connectivity index (χ1) is 8.16. The van der Waals surface area contributed by atoms with Crippen LogP contribution in [-0.4, -0.2) is 21.3 Å². The van der Waals surface area contributed by atoms with Crippen LogP contribution < -0.4 is 16.7 Å². The minimum atomic E-state index is -0.187. The lowest BCUT2D eigenvalue weighted by Gasteiger charge is -1.98. The molecule has 6 nitrogen and oxygen atoms in total. The summed E-state index contributed by atoms with van der Waals surface area (Å²) >= 11 is 4.60. The number of hydrogen-bond donors (Lipinski definition) is 3. The highest BCUT2D eigenvalue weighted by atomic mass is 32.1. The number of aromatic amines is 1. The summed E-state index contributed by atoms with van der Waals surface area (Å²) in [4.78, 5) is 18.1. The standard InChI is InChI=1S/C10H9N5OS/c11-10(17)15-14-4-6-1-2-8-7(3-6)9(16)13-5-12-8/h1-5H,(H3,11,15,17)(H,12,13,16). The molecule has 0 saturated heterocycles. The van der Waals surface area contributed by atoms with Crippen LogP contribution in [0.1, 0.15) is 5.56 Å². The van der Waals surface area contributed by atoms with E-state index in [0.29, 0.717) is 10.9 Å². The first-order valence-electron chi connectivity index (χ1n) is 4.73. The number of hydrogen-bond acceptors (Lipinski definition) is 4. The molecule has 0 unspecified atom stereocenters. The number of rotatable bonds is 2. The molecule has 0 fully saturated rings. The number of hydrazone groups is 1. The number of H-pyrrole nitrogens is 1. The second-order valence-electron chi connectivity index (χ2n) is 3.24. The van der Waals surface area contributed by atoms with Crippen molar-refractivity contribution in [2.24, 2.45) is 10.8 Å². The lowest BCUT2D eigenvalue weighted by atomic mass is 10.1. The van der Waals surface area contributed by atoms with Gasteiger partial charge in [0.05, 0.1) is 23.4 Å². The molecule has 2 rings (SSSR count). The van der Waals surface area contributed by atoms with Crippen LogP contribution in [0.2, 0.25) is 0 Å². The Bertz CT molecular complexity index is 648. The molecule has 17 heavy (non-hydrogen) atoms. The van der Waals surface area contributed by atoms with Crippen LogP contribution in [0.15, 0.2) is 34.4 Å². The fourth-order valence-electron chi connectivity index (χ4n) is 1.34. The summed E-state index contributed by atoms with van der Waals surface area (Å²) in [5, 5.41) is 4.39. The van der Waals surface area contributed by atoms with E-state index in [0.717, 1.165) is 5.56 Å². The van der Waals surface area contributed by atoms with E-state index in [9.17, 15) is 4.79 Å². The molecule has 0 amide bonds.